The molecule has 1 aromatic heterocycles. The number of fused-ring (bicyclic) bond motifs is 1. The number of halogens is 3. The molecule has 2 aromatic rings. The van der Waals surface area contributed by atoms with Gasteiger partial charge in [-0.05, 0) is 17.7 Å². The summed E-state index contributed by atoms with van der Waals surface area (Å²) in [5.74, 6) is 0.142. The Bertz CT molecular complexity index is 452. The van der Waals surface area contributed by atoms with E-state index in [1.165, 1.54) is 16.7 Å². The molecule has 0 fully saturated rings. The number of benzene rings is 1. The monoisotopic (exact) mass is 278 g/mol. The number of thiophene rings is 1. The van der Waals surface area contributed by atoms with Gasteiger partial charge in [0, 0.05) is 25.8 Å². The van der Waals surface area contributed by atoms with Crippen LogP contribution in [0.4, 0.5) is 4.39 Å². The summed E-state index contributed by atoms with van der Waals surface area (Å²) in [6.07, 6.45) is 0. The van der Waals surface area contributed by atoms with Gasteiger partial charge in [0.1, 0.15) is 5.82 Å². The van der Waals surface area contributed by atoms with E-state index in [1.807, 2.05) is 12.1 Å². The molecule has 0 N–H and O–H groups in total. The average molecular weight is 280 g/mol. The van der Waals surface area contributed by atoms with E-state index in [9.17, 15) is 4.39 Å². The lowest BCUT2D eigenvalue weighted by molar-refractivity contribution is 0.643. The van der Waals surface area contributed by atoms with Crippen molar-refractivity contribution in [1.29, 1.82) is 0 Å². The molecule has 2 rings (SSSR count). The van der Waals surface area contributed by atoms with Crippen LogP contribution in [0.3, 0.4) is 0 Å². The Morgan fingerprint density at radius 3 is 2.92 bits per heavy atom. The highest BCUT2D eigenvalue weighted by Gasteiger charge is 2.10. The zero-order chi connectivity index (χ0) is 9.42. The van der Waals surface area contributed by atoms with Crippen molar-refractivity contribution in [1.82, 2.24) is 0 Å². The van der Waals surface area contributed by atoms with E-state index in [0.717, 1.165) is 14.7 Å². The Kier molecular flexibility index (Phi) is 2.58. The highest BCUT2D eigenvalue weighted by Crippen LogP contribution is 2.33. The van der Waals surface area contributed by atoms with Gasteiger partial charge in [-0.1, -0.05) is 15.9 Å². The van der Waals surface area contributed by atoms with Gasteiger partial charge in [0.15, 0.2) is 0 Å². The van der Waals surface area contributed by atoms with Crippen molar-refractivity contribution < 1.29 is 4.39 Å². The Labute approximate surface area is 92.5 Å². The van der Waals surface area contributed by atoms with Crippen LogP contribution in [0.1, 0.15) is 5.56 Å². The fraction of sp³-hybridized carbons (Fsp3) is 0.111. The zero-order valence-corrected chi connectivity index (χ0v) is 9.64. The molecule has 0 atom stereocenters. The molecule has 0 aliphatic heterocycles. The summed E-state index contributed by atoms with van der Waals surface area (Å²) in [6, 6.07) is 3.79. The van der Waals surface area contributed by atoms with E-state index in [2.05, 4.69) is 15.9 Å². The van der Waals surface area contributed by atoms with Crippen LogP contribution in [0.15, 0.2) is 22.0 Å². The van der Waals surface area contributed by atoms with E-state index in [0.29, 0.717) is 11.3 Å². The van der Waals surface area contributed by atoms with Gasteiger partial charge in [0.2, 0.25) is 0 Å². The molecule has 0 aliphatic rings. The molecule has 13 heavy (non-hydrogen) atoms. The lowest BCUT2D eigenvalue weighted by Crippen LogP contribution is -1.83. The zero-order valence-electron chi connectivity index (χ0n) is 6.48. The number of hydrogen-bond donors (Lipinski definition) is 0. The molecular weight excluding hydrogens is 275 g/mol. The molecule has 4 heteroatoms. The summed E-state index contributed by atoms with van der Waals surface area (Å²) in [7, 11) is 0. The van der Waals surface area contributed by atoms with Gasteiger partial charge >= 0.3 is 0 Å². The third-order valence-corrected chi connectivity index (χ3v) is 3.81. The third kappa shape index (κ3) is 1.49. The van der Waals surface area contributed by atoms with Gasteiger partial charge in [0.25, 0.3) is 0 Å². The van der Waals surface area contributed by atoms with E-state index in [-0.39, 0.29) is 5.82 Å². The molecule has 1 aromatic carbocycles. The lowest BCUT2D eigenvalue weighted by atomic mass is 10.1. The minimum Gasteiger partial charge on any atom is -0.205 e. The maximum Gasteiger partial charge on any atom is 0.142 e. The third-order valence-electron chi connectivity index (χ3n) is 1.88. The fourth-order valence-corrected chi connectivity index (χ4v) is 3.01. The maximum atomic E-state index is 13.3. The Morgan fingerprint density at radius 2 is 2.23 bits per heavy atom. The van der Waals surface area contributed by atoms with Crippen LogP contribution in [0.25, 0.3) is 10.1 Å². The first kappa shape index (κ1) is 9.44. The number of alkyl halides is 1. The normalized spacial score (nSPS) is 11.0. The van der Waals surface area contributed by atoms with Crippen molar-refractivity contribution in [3.63, 3.8) is 0 Å². The molecular formula is C9H5BrClFS. The average Bonchev–Trinajstić information content (AvgIpc) is 2.49. The predicted octanol–water partition coefficient (Wildman–Crippen LogP) is 4.54. The summed E-state index contributed by atoms with van der Waals surface area (Å²) >= 11 is 10.5. The Hall–Kier alpha value is -0.120. The largest absolute Gasteiger partial charge is 0.205 e. The van der Waals surface area contributed by atoms with Gasteiger partial charge in [-0.25, -0.2) is 4.39 Å². The molecule has 0 spiro atoms. The second-order valence-corrected chi connectivity index (χ2v) is 4.65. The van der Waals surface area contributed by atoms with Crippen LogP contribution >= 0.6 is 38.9 Å². The van der Waals surface area contributed by atoms with Crippen LogP contribution in [0.5, 0.6) is 0 Å². The van der Waals surface area contributed by atoms with Crippen molar-refractivity contribution in [2.75, 3.05) is 0 Å². The molecule has 0 radical (unpaired) electrons. The van der Waals surface area contributed by atoms with Gasteiger partial charge < -0.3 is 0 Å². The standard InChI is InChI=1S/C9H5BrClFS/c10-6-1-2-8-9(5(6)3-11)7(12)4-13-8/h1-2,4H,3H2. The van der Waals surface area contributed by atoms with Crippen molar-refractivity contribution >= 4 is 49.0 Å². The molecule has 0 nitrogen and oxygen atoms in total. The quantitative estimate of drug-likeness (QED) is 0.672. The van der Waals surface area contributed by atoms with Crippen LogP contribution in [-0.4, -0.2) is 0 Å². The van der Waals surface area contributed by atoms with E-state index in [4.69, 9.17) is 11.6 Å². The summed E-state index contributed by atoms with van der Waals surface area (Å²) in [6.45, 7) is 0. The molecule has 0 unspecified atom stereocenters. The first-order chi connectivity index (χ1) is 6.24. The van der Waals surface area contributed by atoms with Crippen LogP contribution in [-0.2, 0) is 5.88 Å². The van der Waals surface area contributed by atoms with Crippen molar-refractivity contribution in [3.05, 3.63) is 33.4 Å². The summed E-state index contributed by atoms with van der Waals surface area (Å²) in [4.78, 5) is 0. The smallest absolute Gasteiger partial charge is 0.142 e. The van der Waals surface area contributed by atoms with Crippen LogP contribution < -0.4 is 0 Å². The van der Waals surface area contributed by atoms with Crippen molar-refractivity contribution in [3.8, 4) is 0 Å². The topological polar surface area (TPSA) is 0 Å². The van der Waals surface area contributed by atoms with Crippen LogP contribution in [0, 0.1) is 5.82 Å². The highest BCUT2D eigenvalue weighted by atomic mass is 79.9. The molecule has 0 amide bonds. The second kappa shape index (κ2) is 3.56. The van der Waals surface area contributed by atoms with E-state index < -0.39 is 0 Å². The van der Waals surface area contributed by atoms with Gasteiger partial charge in [-0.2, -0.15) is 0 Å². The maximum absolute atomic E-state index is 13.3. The summed E-state index contributed by atoms with van der Waals surface area (Å²) < 4.78 is 15.1. The predicted molar refractivity (Wildman–Crippen MR) is 59.0 cm³/mol. The van der Waals surface area contributed by atoms with Gasteiger partial charge in [-0.3, -0.25) is 0 Å². The van der Waals surface area contributed by atoms with E-state index >= 15 is 0 Å². The number of hydrogen-bond acceptors (Lipinski definition) is 1. The molecule has 0 bridgehead atoms. The summed E-state index contributed by atoms with van der Waals surface area (Å²) in [5.41, 5.74) is 0.831. The van der Waals surface area contributed by atoms with Gasteiger partial charge in [0.05, 0.1) is 0 Å². The first-order valence-corrected chi connectivity index (χ1v) is 5.85. The van der Waals surface area contributed by atoms with Crippen molar-refractivity contribution in [2.24, 2.45) is 0 Å². The lowest BCUT2D eigenvalue weighted by Gasteiger charge is -2.01. The van der Waals surface area contributed by atoms with E-state index in [1.54, 1.807) is 0 Å². The molecule has 0 saturated heterocycles. The van der Waals surface area contributed by atoms with Crippen molar-refractivity contribution in [2.45, 2.75) is 5.88 Å². The fourth-order valence-electron chi connectivity index (χ4n) is 1.27. The molecule has 1 heterocycles. The summed E-state index contributed by atoms with van der Waals surface area (Å²) in [5, 5.41) is 2.15. The second-order valence-electron chi connectivity index (χ2n) is 2.62. The SMILES string of the molecule is Fc1csc2ccc(Br)c(CCl)c12. The number of rotatable bonds is 1. The van der Waals surface area contributed by atoms with Crippen LogP contribution in [0.2, 0.25) is 0 Å². The Balaban J connectivity index is 2.88. The highest BCUT2D eigenvalue weighted by molar-refractivity contribution is 9.10. The van der Waals surface area contributed by atoms with Gasteiger partial charge in [-0.15, -0.1) is 22.9 Å². The molecule has 0 aliphatic carbocycles. The minimum atomic E-state index is -0.183. The molecule has 0 saturated carbocycles. The Morgan fingerprint density at radius 1 is 1.46 bits per heavy atom. The molecule has 68 valence electrons. The minimum absolute atomic E-state index is 0.183. The first-order valence-electron chi connectivity index (χ1n) is 3.64.